The Morgan fingerprint density at radius 2 is 2.19 bits per heavy atom. The van der Waals surface area contributed by atoms with Gasteiger partial charge in [0.1, 0.15) is 6.17 Å². The van der Waals surface area contributed by atoms with Crippen molar-refractivity contribution in [3.05, 3.63) is 48.1 Å². The van der Waals surface area contributed by atoms with Crippen LogP contribution in [0, 0.1) is 0 Å². The lowest BCUT2D eigenvalue weighted by atomic mass is 10.1. The molecule has 3 rings (SSSR count). The van der Waals surface area contributed by atoms with Gasteiger partial charge in [0.05, 0.1) is 5.70 Å². The van der Waals surface area contributed by atoms with Gasteiger partial charge in [-0.25, -0.2) is 0 Å². The van der Waals surface area contributed by atoms with Crippen LogP contribution in [0.4, 0.5) is 5.69 Å². The van der Waals surface area contributed by atoms with Gasteiger partial charge >= 0.3 is 0 Å². The van der Waals surface area contributed by atoms with Crippen LogP contribution in [0.3, 0.4) is 0 Å². The molecule has 2 heterocycles. The Balaban J connectivity index is 2.01. The SMILES string of the molecule is CC1NC2=C(CCC=C2)N1c1ccncc1. The summed E-state index contributed by atoms with van der Waals surface area (Å²) in [7, 11) is 0. The largest absolute Gasteiger partial charge is 0.364 e. The number of pyridine rings is 1. The number of nitrogens with one attached hydrogen (secondary N) is 1. The van der Waals surface area contributed by atoms with E-state index in [-0.39, 0.29) is 0 Å². The highest BCUT2D eigenvalue weighted by Gasteiger charge is 2.28. The number of nitrogens with zero attached hydrogens (tertiary/aromatic N) is 2. The van der Waals surface area contributed by atoms with Gasteiger partial charge < -0.3 is 10.2 Å². The molecule has 0 saturated heterocycles. The molecule has 1 aliphatic carbocycles. The Labute approximate surface area is 95.5 Å². The highest BCUT2D eigenvalue weighted by molar-refractivity contribution is 5.57. The van der Waals surface area contributed by atoms with Crippen LogP contribution in [0.1, 0.15) is 19.8 Å². The van der Waals surface area contributed by atoms with Gasteiger partial charge in [-0.1, -0.05) is 6.08 Å². The zero-order valence-corrected chi connectivity index (χ0v) is 9.35. The fourth-order valence-electron chi connectivity index (χ4n) is 2.44. The Hall–Kier alpha value is -1.77. The van der Waals surface area contributed by atoms with Crippen LogP contribution in [0.5, 0.6) is 0 Å². The van der Waals surface area contributed by atoms with Crippen LogP contribution in [0.25, 0.3) is 0 Å². The van der Waals surface area contributed by atoms with E-state index in [0.29, 0.717) is 6.17 Å². The first-order valence-electron chi connectivity index (χ1n) is 5.72. The van der Waals surface area contributed by atoms with Gasteiger partial charge in [-0.2, -0.15) is 0 Å². The summed E-state index contributed by atoms with van der Waals surface area (Å²) < 4.78 is 0. The molecule has 0 spiro atoms. The molecule has 16 heavy (non-hydrogen) atoms. The van der Waals surface area contributed by atoms with Crippen LogP contribution in [0.2, 0.25) is 0 Å². The summed E-state index contributed by atoms with van der Waals surface area (Å²) >= 11 is 0. The van der Waals surface area contributed by atoms with Gasteiger partial charge in [0.2, 0.25) is 0 Å². The van der Waals surface area contributed by atoms with Crippen molar-refractivity contribution in [1.82, 2.24) is 10.3 Å². The highest BCUT2D eigenvalue weighted by atomic mass is 15.3. The van der Waals surface area contributed by atoms with Crippen molar-refractivity contribution in [2.24, 2.45) is 0 Å². The Kier molecular flexibility index (Phi) is 2.17. The summed E-state index contributed by atoms with van der Waals surface area (Å²) in [6.45, 7) is 2.19. The second-order valence-corrected chi connectivity index (χ2v) is 4.20. The molecule has 1 aromatic heterocycles. The van der Waals surface area contributed by atoms with E-state index < -0.39 is 0 Å². The lowest BCUT2D eigenvalue weighted by molar-refractivity contribution is 0.663. The van der Waals surface area contributed by atoms with E-state index in [2.05, 4.69) is 46.4 Å². The van der Waals surface area contributed by atoms with Crippen LogP contribution < -0.4 is 10.2 Å². The normalized spacial score (nSPS) is 23.3. The van der Waals surface area contributed by atoms with E-state index in [0.717, 1.165) is 12.8 Å². The Morgan fingerprint density at radius 1 is 1.38 bits per heavy atom. The number of allylic oxidation sites excluding steroid dienone is 3. The fourth-order valence-corrected chi connectivity index (χ4v) is 2.44. The lowest BCUT2D eigenvalue weighted by Crippen LogP contribution is -2.34. The third-order valence-electron chi connectivity index (χ3n) is 3.13. The van der Waals surface area contributed by atoms with E-state index in [1.165, 1.54) is 17.1 Å². The summed E-state index contributed by atoms with van der Waals surface area (Å²) in [5.41, 5.74) is 3.90. The van der Waals surface area contributed by atoms with Gasteiger partial charge in [0.15, 0.2) is 0 Å². The topological polar surface area (TPSA) is 28.2 Å². The van der Waals surface area contributed by atoms with Crippen molar-refractivity contribution in [3.8, 4) is 0 Å². The maximum absolute atomic E-state index is 4.07. The smallest absolute Gasteiger partial charge is 0.101 e. The molecule has 0 fully saturated rings. The van der Waals surface area contributed by atoms with Gasteiger partial charge in [-0.05, 0) is 38.0 Å². The molecule has 1 N–H and O–H groups in total. The second kappa shape index (κ2) is 3.67. The number of hydrogen-bond donors (Lipinski definition) is 1. The van der Waals surface area contributed by atoms with Crippen molar-refractivity contribution in [3.63, 3.8) is 0 Å². The molecule has 3 heteroatoms. The van der Waals surface area contributed by atoms with Crippen molar-refractivity contribution in [1.29, 1.82) is 0 Å². The van der Waals surface area contributed by atoms with Crippen molar-refractivity contribution in [2.75, 3.05) is 4.90 Å². The first kappa shape index (κ1) is 9.46. The minimum Gasteiger partial charge on any atom is -0.364 e. The number of anilines is 1. The predicted octanol–water partition coefficient (Wildman–Crippen LogP) is 2.40. The average molecular weight is 213 g/mol. The minimum absolute atomic E-state index is 0.329. The zero-order chi connectivity index (χ0) is 11.0. The number of aromatic nitrogens is 1. The molecule has 1 aromatic rings. The summed E-state index contributed by atoms with van der Waals surface area (Å²) in [5, 5.41) is 3.50. The second-order valence-electron chi connectivity index (χ2n) is 4.20. The third kappa shape index (κ3) is 1.40. The fraction of sp³-hybridized carbons (Fsp3) is 0.308. The first-order valence-corrected chi connectivity index (χ1v) is 5.72. The molecule has 0 amide bonds. The molecule has 0 radical (unpaired) electrons. The summed E-state index contributed by atoms with van der Waals surface area (Å²) in [4.78, 5) is 6.43. The van der Waals surface area contributed by atoms with Gasteiger partial charge in [-0.15, -0.1) is 0 Å². The third-order valence-corrected chi connectivity index (χ3v) is 3.13. The molecular formula is C13H15N3. The van der Waals surface area contributed by atoms with Crippen molar-refractivity contribution < 1.29 is 0 Å². The highest BCUT2D eigenvalue weighted by Crippen LogP contribution is 2.32. The van der Waals surface area contributed by atoms with Crippen LogP contribution in [0.15, 0.2) is 48.1 Å². The van der Waals surface area contributed by atoms with Gasteiger partial charge in [0, 0.05) is 23.8 Å². The Morgan fingerprint density at radius 3 is 3.00 bits per heavy atom. The lowest BCUT2D eigenvalue weighted by Gasteiger charge is -2.26. The molecule has 1 aliphatic heterocycles. The summed E-state index contributed by atoms with van der Waals surface area (Å²) in [6.07, 6.45) is 10.7. The number of rotatable bonds is 1. The quantitative estimate of drug-likeness (QED) is 0.776. The van der Waals surface area contributed by atoms with Crippen LogP contribution >= 0.6 is 0 Å². The van der Waals surface area contributed by atoms with Crippen molar-refractivity contribution in [2.45, 2.75) is 25.9 Å². The van der Waals surface area contributed by atoms with E-state index in [1.54, 1.807) is 0 Å². The molecule has 1 unspecified atom stereocenters. The van der Waals surface area contributed by atoms with Gasteiger partial charge in [-0.3, -0.25) is 4.98 Å². The standard InChI is InChI=1S/C13H15N3/c1-10-15-12-4-2-3-5-13(12)16(10)11-6-8-14-9-7-11/h2,4,6-10,15H,3,5H2,1H3. The Bertz CT molecular complexity index is 448. The predicted molar refractivity (Wildman–Crippen MR) is 64.7 cm³/mol. The summed E-state index contributed by atoms with van der Waals surface area (Å²) in [5.74, 6) is 0. The molecule has 0 aromatic carbocycles. The molecule has 0 saturated carbocycles. The minimum atomic E-state index is 0.329. The first-order chi connectivity index (χ1) is 7.86. The maximum Gasteiger partial charge on any atom is 0.101 e. The average Bonchev–Trinajstić information content (AvgIpc) is 2.66. The molecule has 0 bridgehead atoms. The van der Waals surface area contributed by atoms with Gasteiger partial charge in [0.25, 0.3) is 0 Å². The monoisotopic (exact) mass is 213 g/mol. The molecule has 1 atom stereocenters. The zero-order valence-electron chi connectivity index (χ0n) is 9.35. The van der Waals surface area contributed by atoms with Crippen LogP contribution in [-0.2, 0) is 0 Å². The van der Waals surface area contributed by atoms with Crippen LogP contribution in [-0.4, -0.2) is 11.1 Å². The number of hydrogen-bond acceptors (Lipinski definition) is 3. The van der Waals surface area contributed by atoms with Crippen molar-refractivity contribution >= 4 is 5.69 Å². The van der Waals surface area contributed by atoms with E-state index >= 15 is 0 Å². The van der Waals surface area contributed by atoms with E-state index in [1.807, 2.05) is 12.4 Å². The molecule has 3 nitrogen and oxygen atoms in total. The summed E-state index contributed by atoms with van der Waals surface area (Å²) in [6, 6.07) is 4.12. The van der Waals surface area contributed by atoms with E-state index in [4.69, 9.17) is 0 Å². The molecular weight excluding hydrogens is 198 g/mol. The molecule has 82 valence electrons. The maximum atomic E-state index is 4.07. The van der Waals surface area contributed by atoms with E-state index in [9.17, 15) is 0 Å². The molecule has 2 aliphatic rings.